The molecule has 3 aromatic rings. The lowest BCUT2D eigenvalue weighted by Gasteiger charge is -2.31. The number of hydrogen-bond donors (Lipinski definition) is 1. The van der Waals surface area contributed by atoms with Gasteiger partial charge in [0.2, 0.25) is 0 Å². The summed E-state index contributed by atoms with van der Waals surface area (Å²) < 4.78 is 31.9. The largest absolute Gasteiger partial charge is 0.388 e. The van der Waals surface area contributed by atoms with Gasteiger partial charge in [0.1, 0.15) is 23.9 Å². The highest BCUT2D eigenvalue weighted by Crippen LogP contribution is 2.34. The number of nitrogens with zero attached hydrogens (tertiary/aromatic N) is 5. The highest BCUT2D eigenvalue weighted by Gasteiger charge is 2.28. The number of aromatic nitrogens is 3. The summed E-state index contributed by atoms with van der Waals surface area (Å²) in [6, 6.07) is 7.06. The number of hydrazone groups is 1. The van der Waals surface area contributed by atoms with Crippen molar-refractivity contribution in [3.8, 4) is 5.69 Å². The maximum atomic E-state index is 15.2. The maximum absolute atomic E-state index is 15.2. The van der Waals surface area contributed by atoms with Crippen molar-refractivity contribution in [2.24, 2.45) is 5.10 Å². The number of hydrogen-bond acceptors (Lipinski definition) is 5. The molecular formula is C22H22ClF2N5O2. The van der Waals surface area contributed by atoms with Crippen LogP contribution in [0.15, 0.2) is 40.2 Å². The number of fused-ring (bicyclic) bond motifs is 1. The normalized spacial score (nSPS) is 13.5. The topological polar surface area (TPSA) is 75.7 Å². The van der Waals surface area contributed by atoms with Gasteiger partial charge in [-0.3, -0.25) is 9.58 Å². The first-order chi connectivity index (χ1) is 15.3. The Bertz CT molecular complexity index is 1260. The number of aliphatic hydroxyl groups excluding tert-OH is 1. The minimum atomic E-state index is -0.666. The van der Waals surface area contributed by atoms with Crippen LogP contribution >= 0.6 is 11.6 Å². The fourth-order valence-electron chi connectivity index (χ4n) is 3.84. The van der Waals surface area contributed by atoms with Crippen molar-refractivity contribution in [1.82, 2.24) is 14.3 Å². The average Bonchev–Trinajstić information content (AvgIpc) is 3.07. The van der Waals surface area contributed by atoms with Crippen molar-refractivity contribution >= 4 is 23.0 Å². The minimum Gasteiger partial charge on any atom is -0.388 e. The predicted octanol–water partition coefficient (Wildman–Crippen LogP) is 3.65. The first-order valence-corrected chi connectivity index (χ1v) is 10.6. The van der Waals surface area contributed by atoms with Crippen LogP contribution in [0.1, 0.15) is 37.7 Å². The van der Waals surface area contributed by atoms with Crippen LogP contribution in [0.4, 0.5) is 14.5 Å². The van der Waals surface area contributed by atoms with E-state index >= 15 is 4.39 Å². The zero-order valence-electron chi connectivity index (χ0n) is 17.8. The van der Waals surface area contributed by atoms with E-state index in [1.165, 1.54) is 28.8 Å². The van der Waals surface area contributed by atoms with Crippen molar-refractivity contribution in [3.63, 3.8) is 0 Å². The van der Waals surface area contributed by atoms with Gasteiger partial charge in [-0.2, -0.15) is 9.78 Å². The monoisotopic (exact) mass is 461 g/mol. The molecule has 0 saturated heterocycles. The third-order valence-electron chi connectivity index (χ3n) is 5.35. The second kappa shape index (κ2) is 8.48. The molecule has 1 aliphatic heterocycles. The van der Waals surface area contributed by atoms with Gasteiger partial charge >= 0.3 is 5.69 Å². The smallest absolute Gasteiger partial charge is 0.350 e. The Labute approximate surface area is 188 Å². The van der Waals surface area contributed by atoms with Gasteiger partial charge in [-0.05, 0) is 50.6 Å². The van der Waals surface area contributed by atoms with Gasteiger partial charge in [0.25, 0.3) is 0 Å². The molecule has 2 heterocycles. The predicted molar refractivity (Wildman–Crippen MR) is 119 cm³/mol. The van der Waals surface area contributed by atoms with Gasteiger partial charge in [0.15, 0.2) is 5.82 Å². The van der Waals surface area contributed by atoms with Crippen LogP contribution in [-0.4, -0.2) is 31.2 Å². The molecule has 7 nitrogen and oxygen atoms in total. The van der Waals surface area contributed by atoms with Crippen LogP contribution in [0.3, 0.4) is 0 Å². The second-order valence-corrected chi connectivity index (χ2v) is 8.11. The SMILES string of the molecule is CCn1c(CO)nn(-c2cc3c(cc2F)CC(c2c(F)cccc2Cl)=NN3C(C)C)c1=O. The summed E-state index contributed by atoms with van der Waals surface area (Å²) in [6.07, 6.45) is 0.163. The lowest BCUT2D eigenvalue weighted by Crippen LogP contribution is -2.33. The molecule has 1 N–H and O–H groups in total. The first-order valence-electron chi connectivity index (χ1n) is 10.2. The van der Waals surface area contributed by atoms with Crippen molar-refractivity contribution in [1.29, 1.82) is 0 Å². The first kappa shape index (κ1) is 22.2. The fraction of sp³-hybridized carbons (Fsp3) is 0.318. The van der Waals surface area contributed by atoms with Crippen LogP contribution in [0.5, 0.6) is 0 Å². The summed E-state index contributed by atoms with van der Waals surface area (Å²) in [4.78, 5) is 12.7. The highest BCUT2D eigenvalue weighted by molar-refractivity contribution is 6.34. The van der Waals surface area contributed by atoms with E-state index in [9.17, 15) is 14.3 Å². The van der Waals surface area contributed by atoms with Gasteiger partial charge in [-0.25, -0.2) is 13.6 Å². The summed E-state index contributed by atoms with van der Waals surface area (Å²) in [6.45, 7) is 5.36. The van der Waals surface area contributed by atoms with E-state index in [1.807, 2.05) is 13.8 Å². The van der Waals surface area contributed by atoms with Gasteiger partial charge in [-0.1, -0.05) is 17.7 Å². The molecule has 0 radical (unpaired) electrons. The molecule has 0 aliphatic carbocycles. The van der Waals surface area contributed by atoms with E-state index < -0.39 is 23.9 Å². The van der Waals surface area contributed by atoms with Crippen LogP contribution in [0, 0.1) is 11.6 Å². The number of rotatable bonds is 5. The Morgan fingerprint density at radius 3 is 2.53 bits per heavy atom. The second-order valence-electron chi connectivity index (χ2n) is 7.70. The van der Waals surface area contributed by atoms with Crippen molar-refractivity contribution < 1.29 is 13.9 Å². The summed E-state index contributed by atoms with van der Waals surface area (Å²) in [5.41, 5.74) is 1.12. The Morgan fingerprint density at radius 1 is 1.19 bits per heavy atom. The molecule has 0 spiro atoms. The number of halogens is 3. The molecule has 0 fully saturated rings. The summed E-state index contributed by atoms with van der Waals surface area (Å²) in [5, 5.41) is 20.1. The lowest BCUT2D eigenvalue weighted by molar-refractivity contribution is 0.264. The third kappa shape index (κ3) is 3.61. The molecule has 32 heavy (non-hydrogen) atoms. The molecule has 0 atom stereocenters. The molecule has 1 aromatic heterocycles. The van der Waals surface area contributed by atoms with Gasteiger partial charge < -0.3 is 5.11 Å². The van der Waals surface area contributed by atoms with Gasteiger partial charge in [0, 0.05) is 19.0 Å². The van der Waals surface area contributed by atoms with Gasteiger partial charge in [0.05, 0.1) is 22.0 Å². The quantitative estimate of drug-likeness (QED) is 0.629. The van der Waals surface area contributed by atoms with Crippen LogP contribution in [0.25, 0.3) is 5.69 Å². The molecule has 4 rings (SSSR count). The zero-order valence-corrected chi connectivity index (χ0v) is 18.6. The zero-order chi connectivity index (χ0) is 23.2. The summed E-state index contributed by atoms with van der Waals surface area (Å²) in [5.74, 6) is -1.03. The summed E-state index contributed by atoms with van der Waals surface area (Å²) >= 11 is 6.23. The maximum Gasteiger partial charge on any atom is 0.350 e. The van der Waals surface area contributed by atoms with E-state index in [0.717, 1.165) is 4.68 Å². The average molecular weight is 462 g/mol. The minimum absolute atomic E-state index is 0.0520. The van der Waals surface area contributed by atoms with Gasteiger partial charge in [-0.15, -0.1) is 5.10 Å². The number of benzene rings is 2. The van der Waals surface area contributed by atoms with E-state index in [-0.39, 0.29) is 41.1 Å². The van der Waals surface area contributed by atoms with Crippen molar-refractivity contribution in [2.75, 3.05) is 5.01 Å². The third-order valence-corrected chi connectivity index (χ3v) is 5.66. The molecular weight excluding hydrogens is 440 g/mol. The molecule has 0 bridgehead atoms. The van der Waals surface area contributed by atoms with Crippen LogP contribution in [-0.2, 0) is 19.6 Å². The van der Waals surface area contributed by atoms with Crippen molar-refractivity contribution in [3.05, 3.63) is 74.4 Å². The molecule has 1 aliphatic rings. The fourth-order valence-corrected chi connectivity index (χ4v) is 4.12. The van der Waals surface area contributed by atoms with E-state index in [2.05, 4.69) is 10.2 Å². The van der Waals surface area contributed by atoms with E-state index in [4.69, 9.17) is 11.6 Å². The molecule has 0 saturated carbocycles. The van der Waals surface area contributed by atoms with E-state index in [1.54, 1.807) is 18.0 Å². The van der Waals surface area contributed by atoms with E-state index in [0.29, 0.717) is 17.0 Å². The van der Waals surface area contributed by atoms with Crippen LogP contribution < -0.4 is 10.7 Å². The van der Waals surface area contributed by atoms with Crippen molar-refractivity contribution in [2.45, 2.75) is 46.4 Å². The number of anilines is 1. The molecule has 0 unspecified atom stereocenters. The molecule has 2 aromatic carbocycles. The molecule has 10 heteroatoms. The molecule has 0 amide bonds. The summed E-state index contributed by atoms with van der Waals surface area (Å²) in [7, 11) is 0. The Hall–Kier alpha value is -3.04. The lowest BCUT2D eigenvalue weighted by atomic mass is 9.97. The Morgan fingerprint density at radius 2 is 1.94 bits per heavy atom. The molecule has 168 valence electrons. The highest BCUT2D eigenvalue weighted by atomic mass is 35.5. The Kier molecular flexibility index (Phi) is 5.87. The Balaban J connectivity index is 1.88. The van der Waals surface area contributed by atoms with Crippen LogP contribution in [0.2, 0.25) is 5.02 Å². The standard InChI is InChI=1S/C22H22ClF2N5O2/c1-4-28-20(11-31)27-30(22(28)32)19-10-18-13(8-16(19)25)9-17(26-29(18)12(2)3)21-14(23)6-5-7-15(21)24/h5-8,10,12,31H,4,9,11H2,1-3H3. The number of aliphatic hydroxyl groups is 1.